The van der Waals surface area contributed by atoms with E-state index in [9.17, 15) is 4.79 Å². The maximum absolute atomic E-state index is 12.1. The molecule has 0 bridgehead atoms. The lowest BCUT2D eigenvalue weighted by Crippen LogP contribution is -2.26. The highest BCUT2D eigenvalue weighted by atomic mass is 35.5. The molecule has 0 radical (unpaired) electrons. The van der Waals surface area contributed by atoms with Crippen molar-refractivity contribution >= 4 is 41.0 Å². The van der Waals surface area contributed by atoms with Crippen molar-refractivity contribution in [2.45, 2.75) is 39.2 Å². The summed E-state index contributed by atoms with van der Waals surface area (Å²) in [5.41, 5.74) is 2.74. The quantitative estimate of drug-likeness (QED) is 0.526. The van der Waals surface area contributed by atoms with E-state index >= 15 is 0 Å². The van der Waals surface area contributed by atoms with Crippen LogP contribution in [0.1, 0.15) is 38.8 Å². The molecule has 0 spiro atoms. The Morgan fingerprint density at radius 1 is 1.12 bits per heavy atom. The van der Waals surface area contributed by atoms with Crippen molar-refractivity contribution in [1.29, 1.82) is 0 Å². The molecule has 1 amide bonds. The molecule has 0 aliphatic carbocycles. The minimum absolute atomic E-state index is 0.0992. The Hall–Kier alpha value is -2.04. The number of rotatable bonds is 5. The van der Waals surface area contributed by atoms with E-state index in [2.05, 4.69) is 43.4 Å². The lowest BCUT2D eigenvalue weighted by Gasteiger charge is -2.18. The molecule has 138 valence electrons. The molecule has 2 aromatic carbocycles. The van der Waals surface area contributed by atoms with Gasteiger partial charge in [-0.05, 0) is 41.7 Å². The molecule has 0 aromatic heterocycles. The van der Waals surface area contributed by atoms with Gasteiger partial charge in [-0.25, -0.2) is 0 Å². The zero-order chi connectivity index (χ0) is 19.3. The van der Waals surface area contributed by atoms with Crippen molar-refractivity contribution in [2.75, 3.05) is 5.32 Å². The maximum Gasteiger partial charge on any atom is 0.267 e. The number of nitrogens with zero attached hydrogens (tertiary/aromatic N) is 1. The van der Waals surface area contributed by atoms with Crippen LogP contribution in [0.4, 0.5) is 5.69 Å². The second-order valence-corrected chi connectivity index (χ2v) is 7.87. The van der Waals surface area contributed by atoms with Gasteiger partial charge in [0, 0.05) is 15.7 Å². The van der Waals surface area contributed by atoms with Crippen LogP contribution in [-0.4, -0.2) is 18.2 Å². The first-order chi connectivity index (χ1) is 12.1. The summed E-state index contributed by atoms with van der Waals surface area (Å²) in [6, 6.07) is 12.9. The van der Waals surface area contributed by atoms with Crippen LogP contribution >= 0.6 is 23.2 Å². The molecule has 2 aromatic rings. The van der Waals surface area contributed by atoms with Gasteiger partial charge in [-0.1, -0.05) is 73.4 Å². The summed E-state index contributed by atoms with van der Waals surface area (Å²) in [4.78, 5) is 17.4. The van der Waals surface area contributed by atoms with Gasteiger partial charge in [-0.3, -0.25) is 4.79 Å². The van der Waals surface area contributed by atoms with E-state index in [1.807, 2.05) is 12.1 Å². The molecule has 1 atom stereocenters. The molecule has 0 aliphatic heterocycles. The van der Waals surface area contributed by atoms with Crippen LogP contribution in [0, 0.1) is 0 Å². The second-order valence-electron chi connectivity index (χ2n) is 7.00. The standard InChI is InChI=1S/C20H22Cl2N2O2/c1-13(19(25)24-18-10-16(21)9-17(22)11-18)26-23-12-14-5-7-15(8-6-14)20(2,3)4/h5-13H,1-4H3,(H,24,25)/b23-12+. The number of nitrogens with one attached hydrogen (secondary N) is 1. The van der Waals surface area contributed by atoms with Crippen LogP contribution in [0.5, 0.6) is 0 Å². The van der Waals surface area contributed by atoms with E-state index in [0.29, 0.717) is 15.7 Å². The maximum atomic E-state index is 12.1. The average Bonchev–Trinajstić information content (AvgIpc) is 2.53. The van der Waals surface area contributed by atoms with E-state index < -0.39 is 6.10 Å². The Kier molecular flexibility index (Phi) is 6.68. The molecule has 2 rings (SSSR count). The number of anilines is 1. The number of carbonyl (C=O) groups excluding carboxylic acids is 1. The topological polar surface area (TPSA) is 50.7 Å². The molecule has 26 heavy (non-hydrogen) atoms. The van der Waals surface area contributed by atoms with Crippen molar-refractivity contribution in [3.05, 3.63) is 63.6 Å². The summed E-state index contributed by atoms with van der Waals surface area (Å²) in [5, 5.41) is 7.47. The van der Waals surface area contributed by atoms with E-state index in [4.69, 9.17) is 28.0 Å². The third-order valence-corrected chi connectivity index (χ3v) is 4.13. The highest BCUT2D eigenvalue weighted by Crippen LogP contribution is 2.23. The van der Waals surface area contributed by atoms with Gasteiger partial charge in [0.2, 0.25) is 6.10 Å². The number of halogens is 2. The second kappa shape index (κ2) is 8.56. The van der Waals surface area contributed by atoms with Crippen molar-refractivity contribution in [1.82, 2.24) is 0 Å². The lowest BCUT2D eigenvalue weighted by atomic mass is 9.87. The lowest BCUT2D eigenvalue weighted by molar-refractivity contribution is -0.126. The number of oxime groups is 1. The normalized spacial score (nSPS) is 12.8. The number of benzene rings is 2. The van der Waals surface area contributed by atoms with Crippen molar-refractivity contribution in [2.24, 2.45) is 5.16 Å². The summed E-state index contributed by atoms with van der Waals surface area (Å²) in [5.74, 6) is -0.344. The van der Waals surface area contributed by atoms with Gasteiger partial charge < -0.3 is 10.2 Å². The minimum Gasteiger partial charge on any atom is -0.383 e. The fraction of sp³-hybridized carbons (Fsp3) is 0.300. The van der Waals surface area contributed by atoms with Crippen molar-refractivity contribution in [3.63, 3.8) is 0 Å². The Morgan fingerprint density at radius 3 is 2.23 bits per heavy atom. The molecular formula is C20H22Cl2N2O2. The van der Waals surface area contributed by atoms with Crippen LogP contribution in [0.2, 0.25) is 10.0 Å². The van der Waals surface area contributed by atoms with Crippen LogP contribution in [0.15, 0.2) is 47.6 Å². The van der Waals surface area contributed by atoms with E-state index in [-0.39, 0.29) is 11.3 Å². The molecule has 4 nitrogen and oxygen atoms in total. The van der Waals surface area contributed by atoms with Gasteiger partial charge in [0.05, 0.1) is 6.21 Å². The summed E-state index contributed by atoms with van der Waals surface area (Å²) >= 11 is 11.8. The summed E-state index contributed by atoms with van der Waals surface area (Å²) in [7, 11) is 0. The molecular weight excluding hydrogens is 371 g/mol. The molecule has 6 heteroatoms. The van der Waals surface area contributed by atoms with Crippen LogP contribution < -0.4 is 5.32 Å². The Balaban J connectivity index is 1.91. The first-order valence-electron chi connectivity index (χ1n) is 8.22. The zero-order valence-corrected chi connectivity index (χ0v) is 16.7. The summed E-state index contributed by atoms with van der Waals surface area (Å²) < 4.78 is 0. The van der Waals surface area contributed by atoms with Crippen molar-refractivity contribution < 1.29 is 9.63 Å². The van der Waals surface area contributed by atoms with E-state index in [1.54, 1.807) is 31.3 Å². The molecule has 0 aliphatic rings. The summed E-state index contributed by atoms with van der Waals surface area (Å²) in [6.45, 7) is 8.09. The predicted molar refractivity (Wildman–Crippen MR) is 108 cm³/mol. The number of carbonyl (C=O) groups is 1. The van der Waals surface area contributed by atoms with Gasteiger partial charge in [-0.2, -0.15) is 0 Å². The van der Waals surface area contributed by atoms with Crippen LogP contribution in [-0.2, 0) is 15.0 Å². The Morgan fingerprint density at radius 2 is 1.69 bits per heavy atom. The average molecular weight is 393 g/mol. The fourth-order valence-electron chi connectivity index (χ4n) is 2.17. The molecule has 0 heterocycles. The Labute approximate surface area is 164 Å². The number of hydrogen-bond donors (Lipinski definition) is 1. The zero-order valence-electron chi connectivity index (χ0n) is 15.2. The van der Waals surface area contributed by atoms with Gasteiger partial charge in [0.15, 0.2) is 0 Å². The molecule has 1 unspecified atom stereocenters. The third-order valence-electron chi connectivity index (χ3n) is 3.70. The molecule has 0 saturated heterocycles. The highest BCUT2D eigenvalue weighted by Gasteiger charge is 2.15. The smallest absolute Gasteiger partial charge is 0.267 e. The monoisotopic (exact) mass is 392 g/mol. The number of amides is 1. The van der Waals surface area contributed by atoms with Gasteiger partial charge in [0.1, 0.15) is 0 Å². The van der Waals surface area contributed by atoms with Gasteiger partial charge in [-0.15, -0.1) is 0 Å². The summed E-state index contributed by atoms with van der Waals surface area (Å²) in [6.07, 6.45) is 0.810. The van der Waals surface area contributed by atoms with Crippen LogP contribution in [0.25, 0.3) is 0 Å². The van der Waals surface area contributed by atoms with Gasteiger partial charge in [0.25, 0.3) is 5.91 Å². The molecule has 1 N–H and O–H groups in total. The minimum atomic E-state index is -0.766. The molecule has 0 saturated carbocycles. The van der Waals surface area contributed by atoms with E-state index in [0.717, 1.165) is 5.56 Å². The number of hydrogen-bond acceptors (Lipinski definition) is 3. The fourth-order valence-corrected chi connectivity index (χ4v) is 2.70. The predicted octanol–water partition coefficient (Wildman–Crippen LogP) is 5.67. The third kappa shape index (κ3) is 6.04. The Bertz CT molecular complexity index is 776. The van der Waals surface area contributed by atoms with Gasteiger partial charge >= 0.3 is 0 Å². The van der Waals surface area contributed by atoms with E-state index in [1.165, 1.54) is 5.56 Å². The first kappa shape index (κ1) is 20.3. The van der Waals surface area contributed by atoms with Crippen molar-refractivity contribution in [3.8, 4) is 0 Å². The van der Waals surface area contributed by atoms with Crippen LogP contribution in [0.3, 0.4) is 0 Å². The first-order valence-corrected chi connectivity index (χ1v) is 8.97. The highest BCUT2D eigenvalue weighted by molar-refractivity contribution is 6.35. The molecule has 0 fully saturated rings. The largest absolute Gasteiger partial charge is 0.383 e. The SMILES string of the molecule is CC(O/N=C/c1ccc(C(C)(C)C)cc1)C(=O)Nc1cc(Cl)cc(Cl)c1.